The first-order valence-electron chi connectivity index (χ1n) is 7.25. The molecule has 5 nitrogen and oxygen atoms in total. The van der Waals surface area contributed by atoms with Gasteiger partial charge < -0.3 is 9.47 Å². The highest BCUT2D eigenvalue weighted by Crippen LogP contribution is 2.58. The van der Waals surface area contributed by atoms with Crippen LogP contribution in [0.25, 0.3) is 0 Å². The van der Waals surface area contributed by atoms with Crippen molar-refractivity contribution in [2.24, 2.45) is 0 Å². The van der Waals surface area contributed by atoms with Gasteiger partial charge in [0.15, 0.2) is 0 Å². The predicted molar refractivity (Wildman–Crippen MR) is 68.4 cm³/mol. The number of hydrogen-bond donors (Lipinski definition) is 0. The molecule has 0 aromatic heterocycles. The lowest BCUT2D eigenvalue weighted by molar-refractivity contribution is -0.435. The third kappa shape index (κ3) is 6.01. The Morgan fingerprint density at radius 3 is 1.47 bits per heavy atom. The van der Waals surface area contributed by atoms with Crippen molar-refractivity contribution in [3.05, 3.63) is 0 Å². The summed E-state index contributed by atoms with van der Waals surface area (Å²) < 4.78 is 220. The van der Waals surface area contributed by atoms with E-state index in [-0.39, 0.29) is 0 Å². The highest BCUT2D eigenvalue weighted by Gasteiger charge is 2.88. The van der Waals surface area contributed by atoms with Gasteiger partial charge in [0, 0.05) is 0 Å². The monoisotopic (exact) mass is 538 g/mol. The van der Waals surface area contributed by atoms with Gasteiger partial charge >= 0.3 is 45.5 Å². The molecule has 0 aliphatic heterocycles. The molecule has 0 saturated heterocycles. The van der Waals surface area contributed by atoms with Gasteiger partial charge in [-0.15, -0.1) is 0 Å². The molecular formula is C11H9F15O5S. The van der Waals surface area contributed by atoms with E-state index in [1.54, 1.807) is 0 Å². The minimum atomic E-state index is -7.84. The van der Waals surface area contributed by atoms with Crippen LogP contribution in [0, 0.1) is 0 Å². The van der Waals surface area contributed by atoms with Crippen LogP contribution in [0.15, 0.2) is 0 Å². The first kappa shape index (κ1) is 30.8. The van der Waals surface area contributed by atoms with Gasteiger partial charge in [-0.05, 0) is 0 Å². The molecule has 32 heavy (non-hydrogen) atoms. The zero-order valence-corrected chi connectivity index (χ0v) is 15.3. The van der Waals surface area contributed by atoms with Gasteiger partial charge in [0.05, 0.1) is 26.4 Å². The van der Waals surface area contributed by atoms with E-state index in [4.69, 9.17) is 0 Å². The number of alkyl halides is 15. The maximum Gasteiger partial charge on any atom is 0.523 e. The minimum Gasteiger partial charge on any atom is -0.377 e. The summed E-state index contributed by atoms with van der Waals surface area (Å²) in [6.07, 6.45) is -12.3. The van der Waals surface area contributed by atoms with E-state index >= 15 is 0 Å². The predicted octanol–water partition coefficient (Wildman–Crippen LogP) is 4.28. The molecule has 0 heterocycles. The van der Waals surface area contributed by atoms with Crippen molar-refractivity contribution < 1.29 is 87.9 Å². The van der Waals surface area contributed by atoms with E-state index in [0.717, 1.165) is 0 Å². The van der Waals surface area contributed by atoms with Crippen molar-refractivity contribution in [3.8, 4) is 0 Å². The van der Waals surface area contributed by atoms with Crippen molar-refractivity contribution >= 4 is 10.1 Å². The molecule has 0 saturated carbocycles. The van der Waals surface area contributed by atoms with Gasteiger partial charge in [-0.1, -0.05) is 0 Å². The Labute approximate surface area is 167 Å². The van der Waals surface area contributed by atoms with E-state index in [2.05, 4.69) is 13.7 Å². The van der Waals surface area contributed by atoms with E-state index in [1.165, 1.54) is 0 Å². The maximum absolute atomic E-state index is 13.2. The molecule has 21 heteroatoms. The molecule has 0 aromatic rings. The molecule has 0 N–H and O–H groups in total. The fraction of sp³-hybridized carbons (Fsp3) is 1.00. The second-order valence-corrected chi connectivity index (χ2v) is 6.97. The molecule has 0 radical (unpaired) electrons. The third-order valence-electron chi connectivity index (χ3n) is 3.09. The van der Waals surface area contributed by atoms with Gasteiger partial charge in [0.2, 0.25) is 0 Å². The normalized spacial score (nSPS) is 16.3. The molecule has 0 rings (SSSR count). The molecule has 0 amide bonds. The molecular weight excluding hydrogens is 529 g/mol. The molecule has 0 bridgehead atoms. The molecule has 0 aliphatic carbocycles. The topological polar surface area (TPSA) is 61.8 Å². The lowest BCUT2D eigenvalue weighted by Crippen LogP contribution is -2.68. The Morgan fingerprint density at radius 2 is 1.06 bits per heavy atom. The van der Waals surface area contributed by atoms with Crippen LogP contribution in [-0.2, 0) is 23.8 Å². The minimum absolute atomic E-state index is 1.09. The van der Waals surface area contributed by atoms with Crippen LogP contribution >= 0.6 is 0 Å². The van der Waals surface area contributed by atoms with Crippen LogP contribution < -0.4 is 0 Å². The van der Waals surface area contributed by atoms with Crippen molar-refractivity contribution in [1.82, 2.24) is 0 Å². The number of hydrogen-bond acceptors (Lipinski definition) is 5. The average molecular weight is 538 g/mol. The van der Waals surface area contributed by atoms with Gasteiger partial charge in [0.25, 0.3) is 6.36 Å². The van der Waals surface area contributed by atoms with Crippen LogP contribution in [0.4, 0.5) is 65.9 Å². The zero-order valence-electron chi connectivity index (χ0n) is 14.5. The Morgan fingerprint density at radius 1 is 0.625 bits per heavy atom. The quantitative estimate of drug-likeness (QED) is 0.161. The SMILES string of the molecule is O=S(=O)(OCCOCCOC(F)C(F)(F)C(F)(F)C(F)(F)C(F)(F)C(F)(F)F)C(F)(F)F. The number of halogens is 15. The Balaban J connectivity index is 4.91. The first-order chi connectivity index (χ1) is 13.9. The zero-order chi connectivity index (χ0) is 26.0. The standard InChI is InChI=1S/C11H9F15O5S/c12-5(30-3-1-29-2-4-31-32(27,28)11(24,25)26)6(13,14)7(15,16)8(17,18)9(19,20)10(21,22)23/h5H,1-4H2. The fourth-order valence-electron chi connectivity index (χ4n) is 1.41. The van der Waals surface area contributed by atoms with Crippen LogP contribution in [0.5, 0.6) is 0 Å². The van der Waals surface area contributed by atoms with Crippen molar-refractivity contribution in [3.63, 3.8) is 0 Å². The summed E-state index contributed by atoms with van der Waals surface area (Å²) >= 11 is 0. The summed E-state index contributed by atoms with van der Waals surface area (Å²) in [5.41, 5.74) is -5.82. The van der Waals surface area contributed by atoms with Crippen molar-refractivity contribution in [2.45, 2.75) is 41.7 Å². The molecule has 1 unspecified atom stereocenters. The molecule has 0 spiro atoms. The van der Waals surface area contributed by atoms with Gasteiger partial charge in [-0.25, -0.2) is 4.39 Å². The number of ether oxygens (including phenoxy) is 2. The lowest BCUT2D eigenvalue weighted by atomic mass is 9.98. The lowest BCUT2D eigenvalue weighted by Gasteiger charge is -2.37. The Kier molecular flexibility index (Phi) is 9.20. The summed E-state index contributed by atoms with van der Waals surface area (Å²) in [6.45, 7) is -5.27. The van der Waals surface area contributed by atoms with E-state index in [9.17, 15) is 74.3 Å². The van der Waals surface area contributed by atoms with Gasteiger partial charge in [-0.3, -0.25) is 4.18 Å². The summed E-state index contributed by atoms with van der Waals surface area (Å²) in [6, 6.07) is 0. The molecule has 0 aliphatic rings. The van der Waals surface area contributed by atoms with E-state index in [1.807, 2.05) is 0 Å². The summed E-state index contributed by atoms with van der Waals surface area (Å²) in [5, 5.41) is 0. The maximum atomic E-state index is 13.2. The highest BCUT2D eigenvalue weighted by molar-refractivity contribution is 7.87. The van der Waals surface area contributed by atoms with Crippen molar-refractivity contribution in [2.75, 3.05) is 26.4 Å². The smallest absolute Gasteiger partial charge is 0.377 e. The Hall–Kier alpha value is -1.22. The van der Waals surface area contributed by atoms with Crippen LogP contribution in [-0.4, -0.2) is 76.6 Å². The summed E-state index contributed by atoms with van der Waals surface area (Å²) in [5.74, 6) is -30.1. The largest absolute Gasteiger partial charge is 0.523 e. The first-order valence-corrected chi connectivity index (χ1v) is 8.66. The molecule has 194 valence electrons. The van der Waals surface area contributed by atoms with Gasteiger partial charge in [-0.2, -0.15) is 69.9 Å². The van der Waals surface area contributed by atoms with Crippen LogP contribution in [0.2, 0.25) is 0 Å². The Bertz CT molecular complexity index is 714. The fourth-order valence-corrected chi connectivity index (χ4v) is 1.83. The van der Waals surface area contributed by atoms with E-state index < -0.39 is 78.3 Å². The molecule has 0 aromatic carbocycles. The summed E-state index contributed by atoms with van der Waals surface area (Å²) in [4.78, 5) is 0. The second kappa shape index (κ2) is 9.57. The van der Waals surface area contributed by atoms with Crippen LogP contribution in [0.1, 0.15) is 0 Å². The summed E-state index contributed by atoms with van der Waals surface area (Å²) in [7, 11) is -6.04. The second-order valence-electron chi connectivity index (χ2n) is 5.36. The van der Waals surface area contributed by atoms with Gasteiger partial charge in [0.1, 0.15) is 0 Å². The third-order valence-corrected chi connectivity index (χ3v) is 4.13. The van der Waals surface area contributed by atoms with Crippen LogP contribution in [0.3, 0.4) is 0 Å². The van der Waals surface area contributed by atoms with Crippen molar-refractivity contribution in [1.29, 1.82) is 0 Å². The average Bonchev–Trinajstić information content (AvgIpc) is 2.57. The molecule has 1 atom stereocenters. The molecule has 0 fully saturated rings. The highest BCUT2D eigenvalue weighted by atomic mass is 32.2. The number of rotatable bonds is 12. The van der Waals surface area contributed by atoms with E-state index in [0.29, 0.717) is 0 Å².